The minimum Gasteiger partial charge on any atom is -0.487 e. The Morgan fingerprint density at radius 1 is 1.16 bits per heavy atom. The minimum absolute atomic E-state index is 0.216. The third kappa shape index (κ3) is 5.92. The average Bonchev–Trinajstić information content (AvgIpc) is 2.63. The lowest BCUT2D eigenvalue weighted by atomic mass is 10.1. The van der Waals surface area contributed by atoms with E-state index in [4.69, 9.17) is 9.84 Å². The van der Waals surface area contributed by atoms with E-state index in [-0.39, 0.29) is 6.42 Å². The molecule has 1 N–H and O–H groups in total. The van der Waals surface area contributed by atoms with Crippen molar-refractivity contribution in [3.05, 3.63) is 72.1 Å². The molecule has 0 aliphatic carbocycles. The Labute approximate surface area is 148 Å². The van der Waals surface area contributed by atoms with Crippen LogP contribution in [0.25, 0.3) is 12.2 Å². The molecule has 0 saturated carbocycles. The average molecular weight is 337 g/mol. The number of carbonyl (C=O) groups is 1. The number of aliphatic carboxylic acids is 1. The number of ether oxygens (including phenoxy) is 1. The second kappa shape index (κ2) is 9.42. The van der Waals surface area contributed by atoms with E-state index in [0.717, 1.165) is 41.1 Å². The molecule has 0 aliphatic rings. The molecule has 0 spiro atoms. The largest absolute Gasteiger partial charge is 0.487 e. The van der Waals surface area contributed by atoms with Gasteiger partial charge in [-0.1, -0.05) is 37.4 Å². The van der Waals surface area contributed by atoms with Crippen LogP contribution in [0.3, 0.4) is 0 Å². The molecule has 1 aromatic carbocycles. The second-order valence-corrected chi connectivity index (χ2v) is 5.72. The van der Waals surface area contributed by atoms with Gasteiger partial charge in [0.25, 0.3) is 0 Å². The highest BCUT2D eigenvalue weighted by molar-refractivity contribution is 5.66. The molecule has 1 heterocycles. The van der Waals surface area contributed by atoms with Gasteiger partial charge in [-0.2, -0.15) is 0 Å². The van der Waals surface area contributed by atoms with Crippen LogP contribution < -0.4 is 4.74 Å². The zero-order valence-electron chi connectivity index (χ0n) is 14.3. The van der Waals surface area contributed by atoms with Crippen LogP contribution in [0.2, 0.25) is 0 Å². The maximum absolute atomic E-state index is 10.5. The number of carboxylic acid groups (broad SMARTS) is 1. The Hall–Kier alpha value is -2.88. The van der Waals surface area contributed by atoms with E-state index in [1.54, 1.807) is 12.2 Å². The fourth-order valence-corrected chi connectivity index (χ4v) is 2.50. The lowest BCUT2D eigenvalue weighted by molar-refractivity contribution is -0.137. The molecular weight excluding hydrogens is 314 g/mol. The van der Waals surface area contributed by atoms with Gasteiger partial charge in [-0.3, -0.25) is 4.79 Å². The van der Waals surface area contributed by atoms with Gasteiger partial charge in [0, 0.05) is 6.42 Å². The zero-order chi connectivity index (χ0) is 18.1. The molecule has 0 aliphatic heterocycles. The summed E-state index contributed by atoms with van der Waals surface area (Å²) in [5.74, 6) is 0.0384. The van der Waals surface area contributed by atoms with Gasteiger partial charge >= 0.3 is 5.97 Å². The summed E-state index contributed by atoms with van der Waals surface area (Å²) in [6.45, 7) is 7.91. The molecule has 0 fully saturated rings. The number of hydrogen-bond donors (Lipinski definition) is 1. The molecule has 4 nitrogen and oxygen atoms in total. The van der Waals surface area contributed by atoms with E-state index in [0.29, 0.717) is 13.0 Å². The number of unbranched alkanes of at least 4 members (excludes halogenated alkanes) is 1. The van der Waals surface area contributed by atoms with Gasteiger partial charge in [-0.15, -0.1) is 0 Å². The first kappa shape index (κ1) is 18.5. The van der Waals surface area contributed by atoms with Crippen LogP contribution in [0.1, 0.15) is 41.8 Å². The molecule has 25 heavy (non-hydrogen) atoms. The number of carboxylic acids is 1. The number of pyridine rings is 1. The summed E-state index contributed by atoms with van der Waals surface area (Å²) in [6.07, 6.45) is 6.06. The van der Waals surface area contributed by atoms with Crippen molar-refractivity contribution in [1.82, 2.24) is 4.98 Å². The van der Waals surface area contributed by atoms with Gasteiger partial charge in [0.05, 0.1) is 11.4 Å². The van der Waals surface area contributed by atoms with Crippen LogP contribution in [-0.4, -0.2) is 16.1 Å². The Morgan fingerprint density at radius 2 is 2.00 bits per heavy atom. The molecule has 0 atom stereocenters. The third-order valence-electron chi connectivity index (χ3n) is 3.82. The van der Waals surface area contributed by atoms with Gasteiger partial charge in [-0.05, 0) is 54.7 Å². The summed E-state index contributed by atoms with van der Waals surface area (Å²) in [5, 5.41) is 8.67. The van der Waals surface area contributed by atoms with Crippen LogP contribution in [0.4, 0.5) is 0 Å². The van der Waals surface area contributed by atoms with Crippen molar-refractivity contribution in [1.29, 1.82) is 0 Å². The van der Waals surface area contributed by atoms with Gasteiger partial charge in [0.15, 0.2) is 0 Å². The van der Waals surface area contributed by atoms with Crippen molar-refractivity contribution in [2.75, 3.05) is 0 Å². The number of rotatable bonds is 10. The maximum atomic E-state index is 10.5. The first-order valence-electron chi connectivity index (χ1n) is 8.30. The molecule has 4 heteroatoms. The van der Waals surface area contributed by atoms with Crippen molar-refractivity contribution in [3.8, 4) is 5.75 Å². The highest BCUT2D eigenvalue weighted by Gasteiger charge is 2.03. The van der Waals surface area contributed by atoms with Crippen molar-refractivity contribution in [3.63, 3.8) is 0 Å². The number of aryl methyl sites for hydroxylation is 1. The summed E-state index contributed by atoms with van der Waals surface area (Å²) in [7, 11) is 0. The third-order valence-corrected chi connectivity index (χ3v) is 3.82. The maximum Gasteiger partial charge on any atom is 0.303 e. The summed E-state index contributed by atoms with van der Waals surface area (Å²) in [4.78, 5) is 15.0. The molecule has 2 aromatic rings. The Bertz CT molecular complexity index is 753. The molecular formula is C21H23NO3. The monoisotopic (exact) mass is 337 g/mol. The van der Waals surface area contributed by atoms with E-state index in [1.165, 1.54) is 0 Å². The molecule has 0 bridgehead atoms. The minimum atomic E-state index is -0.744. The summed E-state index contributed by atoms with van der Waals surface area (Å²) in [5.41, 5.74) is 3.71. The fourth-order valence-electron chi connectivity index (χ4n) is 2.50. The molecule has 130 valence electrons. The van der Waals surface area contributed by atoms with Crippen molar-refractivity contribution < 1.29 is 14.6 Å². The predicted molar refractivity (Wildman–Crippen MR) is 100 cm³/mol. The summed E-state index contributed by atoms with van der Waals surface area (Å²) >= 11 is 0. The zero-order valence-corrected chi connectivity index (χ0v) is 14.3. The van der Waals surface area contributed by atoms with Crippen LogP contribution in [0.15, 0.2) is 49.6 Å². The molecule has 0 radical (unpaired) electrons. The fraction of sp³-hybridized carbons (Fsp3) is 0.238. The quantitative estimate of drug-likeness (QED) is 0.636. The normalized spacial score (nSPS) is 10.2. The van der Waals surface area contributed by atoms with E-state index < -0.39 is 5.97 Å². The van der Waals surface area contributed by atoms with Crippen LogP contribution in [0, 0.1) is 0 Å². The summed E-state index contributed by atoms with van der Waals surface area (Å²) < 4.78 is 5.83. The van der Waals surface area contributed by atoms with Crippen LogP contribution in [0.5, 0.6) is 5.75 Å². The topological polar surface area (TPSA) is 59.4 Å². The smallest absolute Gasteiger partial charge is 0.303 e. The number of aromatic nitrogens is 1. The highest BCUT2D eigenvalue weighted by atomic mass is 16.5. The Balaban J connectivity index is 1.92. The Kier molecular flexibility index (Phi) is 6.96. The van der Waals surface area contributed by atoms with E-state index in [2.05, 4.69) is 18.1 Å². The van der Waals surface area contributed by atoms with Crippen LogP contribution >= 0.6 is 0 Å². The molecule has 0 unspecified atom stereocenters. The number of benzene rings is 1. The standard InChI is InChI=1S/C21H23NO3/c1-3-17-12-13-18(22-20(17)4-2)15-25-19-10-7-9-16(14-19)8-5-6-11-21(23)24/h3-4,7,9-10,12-14H,1-2,5-6,8,11,15H2,(H,23,24). The van der Waals surface area contributed by atoms with Crippen molar-refractivity contribution >= 4 is 18.1 Å². The number of hydrogen-bond acceptors (Lipinski definition) is 3. The lowest BCUT2D eigenvalue weighted by Gasteiger charge is -2.09. The van der Waals surface area contributed by atoms with Gasteiger partial charge < -0.3 is 9.84 Å². The van der Waals surface area contributed by atoms with Crippen LogP contribution in [-0.2, 0) is 17.8 Å². The van der Waals surface area contributed by atoms with E-state index in [1.807, 2.05) is 36.4 Å². The highest BCUT2D eigenvalue weighted by Crippen LogP contribution is 2.18. The van der Waals surface area contributed by atoms with Gasteiger partial charge in [0.1, 0.15) is 12.4 Å². The first-order chi connectivity index (χ1) is 12.1. The van der Waals surface area contributed by atoms with Crippen molar-refractivity contribution in [2.24, 2.45) is 0 Å². The van der Waals surface area contributed by atoms with Crippen molar-refractivity contribution in [2.45, 2.75) is 32.3 Å². The van der Waals surface area contributed by atoms with Gasteiger partial charge in [0.2, 0.25) is 0 Å². The SMILES string of the molecule is C=Cc1ccc(COc2cccc(CCCCC(=O)O)c2)nc1C=C. The second-order valence-electron chi connectivity index (χ2n) is 5.72. The Morgan fingerprint density at radius 3 is 2.72 bits per heavy atom. The summed E-state index contributed by atoms with van der Waals surface area (Å²) in [6, 6.07) is 11.8. The number of nitrogens with zero attached hydrogens (tertiary/aromatic N) is 1. The molecule has 0 amide bonds. The molecule has 1 aromatic heterocycles. The van der Waals surface area contributed by atoms with E-state index in [9.17, 15) is 4.79 Å². The van der Waals surface area contributed by atoms with E-state index >= 15 is 0 Å². The lowest BCUT2D eigenvalue weighted by Crippen LogP contribution is -2.01. The predicted octanol–water partition coefficient (Wildman–Crippen LogP) is 4.74. The molecule has 0 saturated heterocycles. The first-order valence-corrected chi connectivity index (χ1v) is 8.30. The molecule has 2 rings (SSSR count). The van der Waals surface area contributed by atoms with Gasteiger partial charge in [-0.25, -0.2) is 4.98 Å².